The number of hydrogen-bond acceptors (Lipinski definition) is 4. The second-order valence-electron chi connectivity index (χ2n) is 5.19. The Balaban J connectivity index is 2.77. The van der Waals surface area contributed by atoms with E-state index in [2.05, 4.69) is 4.72 Å². The van der Waals surface area contributed by atoms with Crippen LogP contribution in [0, 0.1) is 0 Å². The molecule has 0 aliphatic carbocycles. The molecule has 0 aliphatic heterocycles. The van der Waals surface area contributed by atoms with Crippen molar-refractivity contribution in [2.45, 2.75) is 51.3 Å². The van der Waals surface area contributed by atoms with Crippen LogP contribution >= 0.6 is 0 Å². The lowest BCUT2D eigenvalue weighted by Gasteiger charge is -2.11. The van der Waals surface area contributed by atoms with Crippen molar-refractivity contribution in [3.8, 4) is 0 Å². The monoisotopic (exact) mass is 303 g/mol. The van der Waals surface area contributed by atoms with Crippen molar-refractivity contribution in [1.29, 1.82) is 0 Å². The lowest BCUT2D eigenvalue weighted by atomic mass is 10.3. The van der Waals surface area contributed by atoms with Gasteiger partial charge in [-0.15, -0.1) is 0 Å². The number of aromatic nitrogens is 1. The minimum atomic E-state index is -3.51. The zero-order chi connectivity index (χ0) is 15.3. The molecule has 1 rings (SSSR count). The summed E-state index contributed by atoms with van der Waals surface area (Å²) in [6.45, 7) is 8.70. The standard InChI is InChI=1S/C13H25N3O3S/c1-10(2)16-9-13(7-12(16)8-14)20(17,18)15-5-6-19-11(3)4/h7,9-11,15H,5-6,8,14H2,1-4H3. The molecule has 0 fully saturated rings. The Morgan fingerprint density at radius 3 is 2.45 bits per heavy atom. The second-order valence-corrected chi connectivity index (χ2v) is 6.96. The van der Waals surface area contributed by atoms with Crippen molar-refractivity contribution >= 4 is 10.0 Å². The molecule has 0 saturated carbocycles. The fourth-order valence-corrected chi connectivity index (χ4v) is 2.90. The Morgan fingerprint density at radius 1 is 1.35 bits per heavy atom. The minimum Gasteiger partial charge on any atom is -0.377 e. The zero-order valence-electron chi connectivity index (χ0n) is 12.6. The highest BCUT2D eigenvalue weighted by Crippen LogP contribution is 2.18. The number of ether oxygens (including phenoxy) is 1. The summed E-state index contributed by atoms with van der Waals surface area (Å²) in [5.74, 6) is 0. The Morgan fingerprint density at radius 2 is 2.00 bits per heavy atom. The van der Waals surface area contributed by atoms with E-state index in [4.69, 9.17) is 10.5 Å². The van der Waals surface area contributed by atoms with Gasteiger partial charge in [-0.2, -0.15) is 0 Å². The molecule has 116 valence electrons. The summed E-state index contributed by atoms with van der Waals surface area (Å²) in [7, 11) is -3.51. The van der Waals surface area contributed by atoms with Gasteiger partial charge in [-0.3, -0.25) is 0 Å². The van der Waals surface area contributed by atoms with Crippen molar-refractivity contribution in [2.24, 2.45) is 5.73 Å². The maximum Gasteiger partial charge on any atom is 0.242 e. The number of nitrogens with zero attached hydrogens (tertiary/aromatic N) is 1. The first kappa shape index (κ1) is 17.2. The van der Waals surface area contributed by atoms with E-state index in [1.807, 2.05) is 32.3 Å². The quantitative estimate of drug-likeness (QED) is 0.707. The predicted molar refractivity (Wildman–Crippen MR) is 79.0 cm³/mol. The Labute approximate surface area is 121 Å². The van der Waals surface area contributed by atoms with Crippen LogP contribution in [0.2, 0.25) is 0 Å². The van der Waals surface area contributed by atoms with Crippen LogP contribution in [0.15, 0.2) is 17.2 Å². The topological polar surface area (TPSA) is 86.3 Å². The molecule has 0 radical (unpaired) electrons. The first-order valence-corrected chi connectivity index (χ1v) is 8.28. The number of sulfonamides is 1. The molecule has 1 aromatic heterocycles. The number of nitrogens with two attached hydrogens (primary N) is 1. The van der Waals surface area contributed by atoms with Crippen LogP contribution in [0.4, 0.5) is 0 Å². The third-order valence-electron chi connectivity index (χ3n) is 2.83. The fraction of sp³-hybridized carbons (Fsp3) is 0.692. The molecule has 0 unspecified atom stereocenters. The van der Waals surface area contributed by atoms with Crippen molar-refractivity contribution in [3.05, 3.63) is 18.0 Å². The second kappa shape index (κ2) is 7.21. The lowest BCUT2D eigenvalue weighted by Crippen LogP contribution is -2.28. The van der Waals surface area contributed by atoms with Gasteiger partial charge in [-0.1, -0.05) is 0 Å². The van der Waals surface area contributed by atoms with Crippen molar-refractivity contribution < 1.29 is 13.2 Å². The highest BCUT2D eigenvalue weighted by Gasteiger charge is 2.18. The van der Waals surface area contributed by atoms with Gasteiger partial charge >= 0.3 is 0 Å². The summed E-state index contributed by atoms with van der Waals surface area (Å²) in [5, 5.41) is 0. The highest BCUT2D eigenvalue weighted by molar-refractivity contribution is 7.89. The van der Waals surface area contributed by atoms with E-state index in [0.717, 1.165) is 5.69 Å². The highest BCUT2D eigenvalue weighted by atomic mass is 32.2. The van der Waals surface area contributed by atoms with E-state index in [0.29, 0.717) is 13.2 Å². The van der Waals surface area contributed by atoms with Gasteiger partial charge in [0.1, 0.15) is 0 Å². The van der Waals surface area contributed by atoms with Crippen molar-refractivity contribution in [2.75, 3.05) is 13.2 Å². The maximum absolute atomic E-state index is 12.2. The van der Waals surface area contributed by atoms with Crippen LogP contribution in [0.3, 0.4) is 0 Å². The summed E-state index contributed by atoms with van der Waals surface area (Å²) in [6.07, 6.45) is 1.71. The summed E-state index contributed by atoms with van der Waals surface area (Å²) in [4.78, 5) is 0.246. The smallest absolute Gasteiger partial charge is 0.242 e. The number of nitrogens with one attached hydrogen (secondary N) is 1. The lowest BCUT2D eigenvalue weighted by molar-refractivity contribution is 0.0834. The van der Waals surface area contributed by atoms with Crippen LogP contribution in [0.5, 0.6) is 0 Å². The summed E-state index contributed by atoms with van der Waals surface area (Å²) in [6, 6.07) is 1.79. The van der Waals surface area contributed by atoms with E-state index >= 15 is 0 Å². The van der Waals surface area contributed by atoms with Gasteiger partial charge in [0, 0.05) is 31.0 Å². The molecule has 0 spiro atoms. The molecule has 0 aliphatic rings. The Kier molecular flexibility index (Phi) is 6.19. The van der Waals surface area contributed by atoms with Crippen LogP contribution in [-0.2, 0) is 21.3 Å². The van der Waals surface area contributed by atoms with Gasteiger partial charge in [0.05, 0.1) is 17.6 Å². The van der Waals surface area contributed by atoms with Crippen molar-refractivity contribution in [1.82, 2.24) is 9.29 Å². The number of hydrogen-bond donors (Lipinski definition) is 2. The van der Waals surface area contributed by atoms with Gasteiger partial charge in [-0.25, -0.2) is 13.1 Å². The molecule has 0 aromatic carbocycles. The van der Waals surface area contributed by atoms with E-state index in [1.165, 1.54) is 0 Å². The van der Waals surface area contributed by atoms with Crippen molar-refractivity contribution in [3.63, 3.8) is 0 Å². The predicted octanol–water partition coefficient (Wildman–Crippen LogP) is 1.23. The third-order valence-corrected chi connectivity index (χ3v) is 4.26. The molecule has 20 heavy (non-hydrogen) atoms. The van der Waals surface area contributed by atoms with Gasteiger partial charge in [0.15, 0.2) is 0 Å². The van der Waals surface area contributed by atoms with Crippen LogP contribution in [0.25, 0.3) is 0 Å². The molecule has 1 aromatic rings. The summed E-state index contributed by atoms with van der Waals surface area (Å²) in [5.41, 5.74) is 6.45. The molecule has 3 N–H and O–H groups in total. The van der Waals surface area contributed by atoms with E-state index in [1.54, 1.807) is 12.3 Å². The van der Waals surface area contributed by atoms with E-state index in [-0.39, 0.29) is 23.6 Å². The van der Waals surface area contributed by atoms with Crippen LogP contribution in [0.1, 0.15) is 39.4 Å². The SMILES string of the molecule is CC(C)OCCNS(=O)(=O)c1cc(CN)n(C(C)C)c1. The van der Waals surface area contributed by atoms with Crippen LogP contribution in [-0.4, -0.2) is 32.2 Å². The molecule has 1 heterocycles. The zero-order valence-corrected chi connectivity index (χ0v) is 13.4. The van der Waals surface area contributed by atoms with Crippen LogP contribution < -0.4 is 10.5 Å². The molecular weight excluding hydrogens is 278 g/mol. The minimum absolute atomic E-state index is 0.0883. The first-order valence-electron chi connectivity index (χ1n) is 6.80. The molecule has 0 bridgehead atoms. The van der Waals surface area contributed by atoms with Gasteiger partial charge in [0.2, 0.25) is 10.0 Å². The van der Waals surface area contributed by atoms with E-state index in [9.17, 15) is 8.42 Å². The maximum atomic E-state index is 12.2. The third kappa shape index (κ3) is 4.59. The fourth-order valence-electron chi connectivity index (χ4n) is 1.84. The molecule has 0 amide bonds. The Hall–Kier alpha value is -0.890. The normalized spacial score (nSPS) is 12.6. The number of rotatable bonds is 8. The Bertz CT molecular complexity index is 521. The molecular formula is C13H25N3O3S. The average Bonchev–Trinajstić information content (AvgIpc) is 2.79. The van der Waals surface area contributed by atoms with Gasteiger partial charge < -0.3 is 15.0 Å². The molecule has 0 saturated heterocycles. The van der Waals surface area contributed by atoms with E-state index < -0.39 is 10.0 Å². The largest absolute Gasteiger partial charge is 0.377 e. The average molecular weight is 303 g/mol. The first-order chi connectivity index (χ1) is 9.27. The molecule has 0 atom stereocenters. The molecule has 6 nitrogen and oxygen atoms in total. The molecule has 7 heteroatoms. The van der Waals surface area contributed by atoms with Gasteiger partial charge in [0.25, 0.3) is 0 Å². The van der Waals surface area contributed by atoms with Gasteiger partial charge in [-0.05, 0) is 33.8 Å². The summed E-state index contributed by atoms with van der Waals surface area (Å²) < 4.78 is 34.0. The summed E-state index contributed by atoms with van der Waals surface area (Å²) >= 11 is 0.